The molecule has 2 N–H and O–H groups in total. The number of methoxy groups -OCH3 is 1. The number of aliphatic carboxylic acids is 1. The molecule has 0 bridgehead atoms. The first-order valence-electron chi connectivity index (χ1n) is 14.0. The SMILES string of the molecule is CCCCN(CCCO)C(=O)CN1CC(c2cc(OC)c3c(c2)OCO3)C(C(=O)O)C1CC(C)(C)CCC. The van der Waals surface area contributed by atoms with Gasteiger partial charge >= 0.3 is 5.97 Å². The summed E-state index contributed by atoms with van der Waals surface area (Å²) in [6, 6.07) is 3.41. The van der Waals surface area contributed by atoms with Crippen molar-refractivity contribution in [3.63, 3.8) is 0 Å². The van der Waals surface area contributed by atoms with Gasteiger partial charge in [-0.05, 0) is 48.8 Å². The highest BCUT2D eigenvalue weighted by Crippen LogP contribution is 2.48. The lowest BCUT2D eigenvalue weighted by molar-refractivity contribution is -0.144. The van der Waals surface area contributed by atoms with Crippen LogP contribution in [0.4, 0.5) is 0 Å². The van der Waals surface area contributed by atoms with E-state index >= 15 is 0 Å². The van der Waals surface area contributed by atoms with Crippen LogP contribution in [0.2, 0.25) is 0 Å². The Morgan fingerprint density at radius 1 is 1.16 bits per heavy atom. The molecule has 1 amide bonds. The van der Waals surface area contributed by atoms with Crippen LogP contribution in [0.15, 0.2) is 12.1 Å². The minimum absolute atomic E-state index is 0.0155. The first-order valence-corrected chi connectivity index (χ1v) is 14.0. The predicted octanol–water partition coefficient (Wildman–Crippen LogP) is 4.12. The number of aliphatic hydroxyl groups is 1. The predicted molar refractivity (Wildman–Crippen MR) is 145 cm³/mol. The smallest absolute Gasteiger partial charge is 0.308 e. The van der Waals surface area contributed by atoms with Gasteiger partial charge in [-0.25, -0.2) is 0 Å². The molecule has 0 aromatic heterocycles. The number of hydrogen-bond donors (Lipinski definition) is 2. The van der Waals surface area contributed by atoms with Crippen LogP contribution in [0, 0.1) is 11.3 Å². The molecule has 9 nitrogen and oxygen atoms in total. The summed E-state index contributed by atoms with van der Waals surface area (Å²) in [4.78, 5) is 30.3. The van der Waals surface area contributed by atoms with E-state index in [2.05, 4.69) is 32.6 Å². The molecule has 3 unspecified atom stereocenters. The Morgan fingerprint density at radius 2 is 1.89 bits per heavy atom. The van der Waals surface area contributed by atoms with Crippen molar-refractivity contribution < 1.29 is 34.0 Å². The van der Waals surface area contributed by atoms with Gasteiger partial charge in [-0.1, -0.05) is 40.5 Å². The minimum Gasteiger partial charge on any atom is -0.493 e. The highest BCUT2D eigenvalue weighted by Gasteiger charge is 2.49. The number of nitrogens with zero attached hydrogens (tertiary/aromatic N) is 2. The summed E-state index contributed by atoms with van der Waals surface area (Å²) in [5, 5.41) is 19.9. The molecular weight excluding hydrogens is 488 g/mol. The number of aliphatic hydroxyl groups excluding tert-OH is 1. The third-order valence-electron chi connectivity index (χ3n) is 7.89. The summed E-state index contributed by atoms with van der Waals surface area (Å²) in [6.45, 7) is 10.5. The van der Waals surface area contributed by atoms with Gasteiger partial charge in [0.25, 0.3) is 0 Å². The summed E-state index contributed by atoms with van der Waals surface area (Å²) in [6.07, 6.45) is 5.04. The van der Waals surface area contributed by atoms with Crippen molar-refractivity contribution in [3.05, 3.63) is 17.7 Å². The second-order valence-electron chi connectivity index (χ2n) is 11.4. The molecule has 2 heterocycles. The molecule has 9 heteroatoms. The molecule has 0 saturated carbocycles. The monoisotopic (exact) mass is 534 g/mol. The second kappa shape index (κ2) is 13.5. The molecule has 0 radical (unpaired) electrons. The molecule has 2 aliphatic heterocycles. The lowest BCUT2D eigenvalue weighted by Crippen LogP contribution is -2.46. The highest BCUT2D eigenvalue weighted by atomic mass is 16.7. The van der Waals surface area contributed by atoms with Crippen molar-refractivity contribution in [2.24, 2.45) is 11.3 Å². The van der Waals surface area contributed by atoms with Gasteiger partial charge in [-0.15, -0.1) is 0 Å². The molecular formula is C29H46N2O7. The summed E-state index contributed by atoms with van der Waals surface area (Å²) in [5.74, 6) is -0.301. The molecule has 1 aromatic carbocycles. The minimum atomic E-state index is -0.859. The van der Waals surface area contributed by atoms with Gasteiger partial charge in [0.2, 0.25) is 18.4 Å². The Bertz CT molecular complexity index is 943. The number of benzene rings is 1. The third kappa shape index (κ3) is 7.11. The molecule has 1 aromatic rings. The van der Waals surface area contributed by atoms with Crippen molar-refractivity contribution in [1.29, 1.82) is 0 Å². The maximum atomic E-state index is 13.5. The van der Waals surface area contributed by atoms with Gasteiger partial charge < -0.3 is 29.3 Å². The number of carboxylic acids is 1. The normalized spacial score (nSPS) is 21.1. The number of carbonyl (C=O) groups is 2. The van der Waals surface area contributed by atoms with Crippen molar-refractivity contribution >= 4 is 11.9 Å². The quantitative estimate of drug-likeness (QED) is 0.346. The topological polar surface area (TPSA) is 109 Å². The molecule has 2 aliphatic rings. The molecule has 1 saturated heterocycles. The van der Waals surface area contributed by atoms with E-state index in [9.17, 15) is 19.8 Å². The third-order valence-corrected chi connectivity index (χ3v) is 7.89. The van der Waals surface area contributed by atoms with Crippen molar-refractivity contribution in [3.8, 4) is 17.2 Å². The van der Waals surface area contributed by atoms with E-state index in [0.29, 0.717) is 49.7 Å². The number of carbonyl (C=O) groups excluding carboxylic acids is 1. The molecule has 3 rings (SSSR count). The van der Waals surface area contributed by atoms with Crippen LogP contribution in [0.3, 0.4) is 0 Å². The van der Waals surface area contributed by atoms with Gasteiger partial charge in [0.05, 0.1) is 19.6 Å². The maximum absolute atomic E-state index is 13.5. The fourth-order valence-electron chi connectivity index (χ4n) is 6.04. The lowest BCUT2D eigenvalue weighted by atomic mass is 9.76. The number of carboxylic acid groups (broad SMARTS) is 1. The van der Waals surface area contributed by atoms with Crippen molar-refractivity contribution in [2.45, 2.75) is 78.2 Å². The number of rotatable bonds is 15. The summed E-state index contributed by atoms with van der Waals surface area (Å²) in [7, 11) is 1.56. The van der Waals surface area contributed by atoms with Crippen LogP contribution < -0.4 is 14.2 Å². The number of amides is 1. The fraction of sp³-hybridized carbons (Fsp3) is 0.724. The van der Waals surface area contributed by atoms with Gasteiger partial charge in [-0.2, -0.15) is 0 Å². The number of fused-ring (bicyclic) bond motifs is 1. The van der Waals surface area contributed by atoms with E-state index in [-0.39, 0.29) is 43.2 Å². The van der Waals surface area contributed by atoms with Crippen LogP contribution in [0.1, 0.15) is 77.7 Å². The largest absolute Gasteiger partial charge is 0.493 e. The van der Waals surface area contributed by atoms with Gasteiger partial charge in [0, 0.05) is 38.2 Å². The van der Waals surface area contributed by atoms with Crippen LogP contribution in [0.25, 0.3) is 0 Å². The zero-order valence-electron chi connectivity index (χ0n) is 23.7. The maximum Gasteiger partial charge on any atom is 0.308 e. The molecule has 3 atom stereocenters. The number of ether oxygens (including phenoxy) is 3. The van der Waals surface area contributed by atoms with Crippen LogP contribution in [0.5, 0.6) is 17.2 Å². The highest BCUT2D eigenvalue weighted by molar-refractivity contribution is 5.79. The first-order chi connectivity index (χ1) is 18.1. The lowest BCUT2D eigenvalue weighted by Gasteiger charge is -2.35. The second-order valence-corrected chi connectivity index (χ2v) is 11.4. The fourth-order valence-corrected chi connectivity index (χ4v) is 6.04. The molecule has 214 valence electrons. The van der Waals surface area contributed by atoms with Crippen LogP contribution >= 0.6 is 0 Å². The van der Waals surface area contributed by atoms with Crippen LogP contribution in [-0.2, 0) is 9.59 Å². The molecule has 0 spiro atoms. The zero-order valence-corrected chi connectivity index (χ0v) is 23.7. The summed E-state index contributed by atoms with van der Waals surface area (Å²) < 4.78 is 16.7. The first kappa shape index (κ1) is 30.0. The Labute approximate surface area is 227 Å². The number of likely N-dealkylation sites (tertiary alicyclic amines) is 1. The average Bonchev–Trinajstić information content (AvgIpc) is 3.48. The van der Waals surface area contributed by atoms with Crippen molar-refractivity contribution in [1.82, 2.24) is 9.80 Å². The van der Waals surface area contributed by atoms with Gasteiger partial charge in [0.1, 0.15) is 0 Å². The molecule has 0 aliphatic carbocycles. The number of unbranched alkanes of at least 4 members (excludes halogenated alkanes) is 1. The number of hydrogen-bond acceptors (Lipinski definition) is 7. The van der Waals surface area contributed by atoms with E-state index in [1.807, 2.05) is 17.0 Å². The standard InChI is InChI=1S/C29H46N2O7/c1-6-8-11-30(12-9-13-32)25(33)18-31-17-21(20-14-23(36-5)27-24(15-20)37-19-38-27)26(28(34)35)22(31)16-29(3,4)10-7-2/h14-15,21-22,26,32H,6-13,16-19H2,1-5H3,(H,34,35). The van der Waals surface area contributed by atoms with Gasteiger partial charge in [0.15, 0.2) is 11.5 Å². The zero-order chi connectivity index (χ0) is 27.9. The Hall–Kier alpha value is -2.52. The molecule has 1 fully saturated rings. The Morgan fingerprint density at radius 3 is 2.53 bits per heavy atom. The summed E-state index contributed by atoms with van der Waals surface area (Å²) in [5.41, 5.74) is 0.740. The van der Waals surface area contributed by atoms with Crippen molar-refractivity contribution in [2.75, 3.05) is 46.7 Å². The average molecular weight is 535 g/mol. The van der Waals surface area contributed by atoms with Gasteiger partial charge in [-0.3, -0.25) is 14.5 Å². The van der Waals surface area contributed by atoms with E-state index < -0.39 is 11.9 Å². The van der Waals surface area contributed by atoms with E-state index in [1.54, 1.807) is 7.11 Å². The Kier molecular flexibility index (Phi) is 10.7. The van der Waals surface area contributed by atoms with E-state index in [4.69, 9.17) is 14.2 Å². The van der Waals surface area contributed by atoms with E-state index in [1.165, 1.54) is 0 Å². The molecule has 38 heavy (non-hydrogen) atoms. The van der Waals surface area contributed by atoms with Crippen LogP contribution in [-0.4, -0.2) is 84.6 Å². The Balaban J connectivity index is 1.96. The summed E-state index contributed by atoms with van der Waals surface area (Å²) >= 11 is 0. The van der Waals surface area contributed by atoms with E-state index in [0.717, 1.165) is 31.2 Å².